The molecule has 3 N–H and O–H groups in total. The van der Waals surface area contributed by atoms with Crippen molar-refractivity contribution in [1.29, 1.82) is 0 Å². The molecule has 3 aliphatic rings. The number of ether oxygens (including phenoxy) is 2. The summed E-state index contributed by atoms with van der Waals surface area (Å²) >= 11 is 0. The molecule has 39 heavy (non-hydrogen) atoms. The molecule has 3 heterocycles. The Morgan fingerprint density at radius 2 is 1.79 bits per heavy atom. The second kappa shape index (κ2) is 10.3. The number of benzene rings is 1. The van der Waals surface area contributed by atoms with Gasteiger partial charge in [-0.1, -0.05) is 0 Å². The van der Waals surface area contributed by atoms with Crippen LogP contribution in [0.4, 0.5) is 18.9 Å². The van der Waals surface area contributed by atoms with Crippen LogP contribution in [0.15, 0.2) is 36.5 Å². The lowest BCUT2D eigenvalue weighted by atomic mass is 9.90. The summed E-state index contributed by atoms with van der Waals surface area (Å²) in [6.45, 7) is 0.763. The summed E-state index contributed by atoms with van der Waals surface area (Å²) < 4.78 is 47.3. The Labute approximate surface area is 221 Å². The molecule has 0 spiro atoms. The van der Waals surface area contributed by atoms with Gasteiger partial charge in [-0.15, -0.1) is 13.2 Å². The maximum Gasteiger partial charge on any atom is 0.573 e. The molecule has 0 bridgehead atoms. The Balaban J connectivity index is 1.11. The molecule has 11 nitrogen and oxygen atoms in total. The second-order valence-corrected chi connectivity index (χ2v) is 9.98. The lowest BCUT2D eigenvalue weighted by molar-refractivity contribution is -0.274. The van der Waals surface area contributed by atoms with Gasteiger partial charge in [-0.25, -0.2) is 0 Å². The first-order valence-electron chi connectivity index (χ1n) is 12.5. The highest BCUT2D eigenvalue weighted by atomic mass is 19.4. The number of amides is 3. The van der Waals surface area contributed by atoms with E-state index in [0.29, 0.717) is 31.6 Å². The second-order valence-electron chi connectivity index (χ2n) is 9.98. The number of hydrogen-bond acceptors (Lipinski definition) is 7. The predicted octanol–water partition coefficient (Wildman–Crippen LogP) is 2.12. The van der Waals surface area contributed by atoms with Crippen LogP contribution < -0.4 is 20.2 Å². The SMILES string of the molecule is O=C(COc1ccc(OC(F)(F)F)cc1)Nc1cc2n(c1)NCN(CC1(O)CCN(C(=O)C3CC3)CC1)C2=O. The van der Waals surface area contributed by atoms with Crippen molar-refractivity contribution in [2.75, 3.05) is 43.7 Å². The van der Waals surface area contributed by atoms with Crippen molar-refractivity contribution in [2.45, 2.75) is 37.6 Å². The first kappa shape index (κ1) is 26.7. The number of carbonyl (C=O) groups excluding carboxylic acids is 3. The normalized spacial score (nSPS) is 18.7. The zero-order valence-corrected chi connectivity index (χ0v) is 20.9. The third kappa shape index (κ3) is 6.56. The number of likely N-dealkylation sites (tertiary alicyclic amines) is 1. The number of β-amino-alcohol motifs (C(OH)–C–C–N with tert-alkyl or cyclic N) is 1. The van der Waals surface area contributed by atoms with E-state index in [1.54, 1.807) is 4.90 Å². The summed E-state index contributed by atoms with van der Waals surface area (Å²) in [5.74, 6) is -0.822. The van der Waals surface area contributed by atoms with Crippen LogP contribution in [-0.2, 0) is 9.59 Å². The first-order chi connectivity index (χ1) is 18.5. The Kier molecular flexibility index (Phi) is 7.05. The van der Waals surface area contributed by atoms with Crippen molar-refractivity contribution in [3.63, 3.8) is 0 Å². The Hall–Kier alpha value is -3.94. The van der Waals surface area contributed by atoms with E-state index < -0.39 is 30.2 Å². The molecule has 2 aromatic rings. The number of nitrogens with zero attached hydrogens (tertiary/aromatic N) is 3. The van der Waals surface area contributed by atoms with Gasteiger partial charge in [-0.05, 0) is 56.0 Å². The topological polar surface area (TPSA) is 125 Å². The van der Waals surface area contributed by atoms with Gasteiger partial charge < -0.3 is 35.1 Å². The number of halogens is 3. The van der Waals surface area contributed by atoms with Crippen LogP contribution >= 0.6 is 0 Å². The van der Waals surface area contributed by atoms with Gasteiger partial charge in [-0.3, -0.25) is 19.1 Å². The highest BCUT2D eigenvalue weighted by molar-refractivity contribution is 5.97. The monoisotopic (exact) mass is 551 g/mol. The van der Waals surface area contributed by atoms with Gasteiger partial charge >= 0.3 is 6.36 Å². The fourth-order valence-electron chi connectivity index (χ4n) is 4.68. The largest absolute Gasteiger partial charge is 0.573 e. The standard InChI is InChI=1S/C25H28F3N5O6/c26-25(27,28)39-19-5-3-18(4-6-19)38-13-21(34)30-17-11-20-23(36)32(15-29-33(20)12-17)14-24(37)7-9-31(10-8-24)22(35)16-1-2-16/h3-6,11-12,16,29,37H,1-2,7-10,13-15H2,(H,30,34). The number of rotatable bonds is 8. The smallest absolute Gasteiger partial charge is 0.484 e. The minimum Gasteiger partial charge on any atom is -0.484 e. The van der Waals surface area contributed by atoms with Crippen molar-refractivity contribution < 1.29 is 42.1 Å². The van der Waals surface area contributed by atoms with Crippen LogP contribution in [0.25, 0.3) is 0 Å². The van der Waals surface area contributed by atoms with Crippen molar-refractivity contribution in [1.82, 2.24) is 14.5 Å². The van der Waals surface area contributed by atoms with E-state index in [-0.39, 0.29) is 42.4 Å². The van der Waals surface area contributed by atoms with Crippen molar-refractivity contribution in [2.24, 2.45) is 5.92 Å². The molecule has 3 amide bonds. The van der Waals surface area contributed by atoms with E-state index in [9.17, 15) is 32.7 Å². The lowest BCUT2D eigenvalue weighted by Gasteiger charge is -2.42. The van der Waals surface area contributed by atoms with Crippen LogP contribution in [0.5, 0.6) is 11.5 Å². The Morgan fingerprint density at radius 3 is 2.44 bits per heavy atom. The summed E-state index contributed by atoms with van der Waals surface area (Å²) in [6, 6.07) is 6.11. The van der Waals surface area contributed by atoms with E-state index in [1.807, 2.05) is 0 Å². The highest BCUT2D eigenvalue weighted by Crippen LogP contribution is 2.33. The molecule has 0 atom stereocenters. The minimum absolute atomic E-state index is 0.109. The van der Waals surface area contributed by atoms with Gasteiger partial charge in [0.15, 0.2) is 6.61 Å². The Bertz CT molecular complexity index is 1240. The average molecular weight is 552 g/mol. The number of hydrogen-bond donors (Lipinski definition) is 3. The van der Waals surface area contributed by atoms with Gasteiger partial charge in [-0.2, -0.15) is 0 Å². The molecule has 1 aliphatic carbocycles. The van der Waals surface area contributed by atoms with Crippen molar-refractivity contribution in [3.05, 3.63) is 42.2 Å². The van der Waals surface area contributed by atoms with Crippen molar-refractivity contribution >= 4 is 23.4 Å². The molecule has 0 unspecified atom stereocenters. The highest BCUT2D eigenvalue weighted by Gasteiger charge is 2.41. The number of aliphatic hydroxyl groups is 1. The fraction of sp³-hybridized carbons (Fsp3) is 0.480. The molecule has 2 fully saturated rings. The molecular formula is C25H28F3N5O6. The van der Waals surface area contributed by atoms with Gasteiger partial charge in [0.2, 0.25) is 5.91 Å². The molecule has 210 valence electrons. The quantitative estimate of drug-likeness (QED) is 0.459. The average Bonchev–Trinajstić information content (AvgIpc) is 3.65. The van der Waals surface area contributed by atoms with E-state index >= 15 is 0 Å². The van der Waals surface area contributed by atoms with E-state index in [1.165, 1.54) is 34.0 Å². The molecule has 1 aromatic heterocycles. The summed E-state index contributed by atoms with van der Waals surface area (Å²) in [5, 5.41) is 13.7. The molecule has 2 aliphatic heterocycles. The van der Waals surface area contributed by atoms with Crippen LogP contribution in [0.1, 0.15) is 36.2 Å². The summed E-state index contributed by atoms with van der Waals surface area (Å²) in [5.41, 5.74) is 2.55. The third-order valence-electron chi connectivity index (χ3n) is 6.89. The van der Waals surface area contributed by atoms with Gasteiger partial charge in [0, 0.05) is 19.0 Å². The van der Waals surface area contributed by atoms with Crippen LogP contribution in [0.2, 0.25) is 0 Å². The maximum atomic E-state index is 13.1. The van der Waals surface area contributed by atoms with Gasteiger partial charge in [0.05, 0.1) is 24.0 Å². The molecular weight excluding hydrogens is 523 g/mol. The van der Waals surface area contributed by atoms with Gasteiger partial charge in [0.25, 0.3) is 11.8 Å². The molecule has 5 rings (SSSR count). The molecule has 1 aromatic carbocycles. The third-order valence-corrected chi connectivity index (χ3v) is 6.89. The molecule has 1 saturated heterocycles. The van der Waals surface area contributed by atoms with E-state index in [4.69, 9.17) is 4.74 Å². The number of carbonyl (C=O) groups is 3. The number of anilines is 1. The maximum absolute atomic E-state index is 13.1. The summed E-state index contributed by atoms with van der Waals surface area (Å²) in [4.78, 5) is 41.0. The summed E-state index contributed by atoms with van der Waals surface area (Å²) in [6.07, 6.45) is -0.644. The zero-order chi connectivity index (χ0) is 27.8. The fourth-order valence-corrected chi connectivity index (χ4v) is 4.68. The number of piperidine rings is 1. The van der Waals surface area contributed by atoms with Gasteiger partial charge in [0.1, 0.15) is 23.9 Å². The minimum atomic E-state index is -4.81. The van der Waals surface area contributed by atoms with Crippen LogP contribution in [-0.4, -0.2) is 82.2 Å². The van der Waals surface area contributed by atoms with Crippen LogP contribution in [0, 0.1) is 5.92 Å². The number of aromatic nitrogens is 1. The van der Waals surface area contributed by atoms with Crippen molar-refractivity contribution in [3.8, 4) is 11.5 Å². The Morgan fingerprint density at radius 1 is 1.13 bits per heavy atom. The molecule has 1 saturated carbocycles. The number of nitrogens with one attached hydrogen (secondary N) is 2. The predicted molar refractivity (Wildman–Crippen MR) is 130 cm³/mol. The van der Waals surface area contributed by atoms with E-state index in [2.05, 4.69) is 15.5 Å². The zero-order valence-electron chi connectivity index (χ0n) is 20.9. The molecule has 14 heteroatoms. The first-order valence-corrected chi connectivity index (χ1v) is 12.5. The van der Waals surface area contributed by atoms with E-state index in [0.717, 1.165) is 25.0 Å². The summed E-state index contributed by atoms with van der Waals surface area (Å²) in [7, 11) is 0. The molecule has 0 radical (unpaired) electrons. The van der Waals surface area contributed by atoms with Crippen LogP contribution in [0.3, 0.4) is 0 Å². The number of alkyl halides is 3. The number of fused-ring (bicyclic) bond motifs is 1. The lowest BCUT2D eigenvalue weighted by Crippen LogP contribution is -2.56.